The summed E-state index contributed by atoms with van der Waals surface area (Å²) in [6.45, 7) is 3.96. The van der Waals surface area contributed by atoms with Crippen molar-refractivity contribution in [2.45, 2.75) is 64.0 Å². The van der Waals surface area contributed by atoms with Gasteiger partial charge < -0.3 is 9.88 Å². The van der Waals surface area contributed by atoms with Crippen molar-refractivity contribution >= 4 is 22.5 Å². The number of piperidine rings is 1. The van der Waals surface area contributed by atoms with Crippen molar-refractivity contribution in [1.82, 2.24) is 19.0 Å². The summed E-state index contributed by atoms with van der Waals surface area (Å²) in [5.74, 6) is 0.160. The summed E-state index contributed by atoms with van der Waals surface area (Å²) in [6, 6.07) is 12.3. The Hall–Kier alpha value is -3.16. The summed E-state index contributed by atoms with van der Waals surface area (Å²) in [5.41, 5.74) is 4.10. The minimum absolute atomic E-state index is 0.183. The molecule has 2 aromatic carbocycles. The van der Waals surface area contributed by atoms with Gasteiger partial charge in [0, 0.05) is 47.5 Å². The summed E-state index contributed by atoms with van der Waals surface area (Å²) < 4.78 is 17.1. The third kappa shape index (κ3) is 5.22. The van der Waals surface area contributed by atoms with Gasteiger partial charge in [0.1, 0.15) is 5.82 Å². The van der Waals surface area contributed by atoms with Crippen molar-refractivity contribution in [3.05, 3.63) is 91.6 Å². The van der Waals surface area contributed by atoms with Crippen LogP contribution in [-0.2, 0) is 19.5 Å². The van der Waals surface area contributed by atoms with Gasteiger partial charge >= 0.3 is 5.69 Å². The highest BCUT2D eigenvalue weighted by Crippen LogP contribution is 2.33. The van der Waals surface area contributed by atoms with E-state index in [-0.39, 0.29) is 17.1 Å². The van der Waals surface area contributed by atoms with Gasteiger partial charge in [0.05, 0.1) is 5.56 Å². The maximum atomic E-state index is 13.9. The standard InChI is InChI=1S/C31H34ClFN4O2/c32-23-10-8-21(9-11-23)29-28-7-1-2-16-36(28)31(39)37(30(29)38)17-4-3-14-35-15-5-6-22(20-35)26-19-34-27-13-12-24(33)18-25(26)27/h8-13,18-19,22,34H,1-7,14-17,20H2. The maximum absolute atomic E-state index is 13.9. The van der Waals surface area contributed by atoms with Crippen molar-refractivity contribution in [3.8, 4) is 11.1 Å². The van der Waals surface area contributed by atoms with Gasteiger partial charge in [-0.25, -0.2) is 9.18 Å². The molecule has 1 N–H and O–H groups in total. The van der Waals surface area contributed by atoms with Crippen LogP contribution in [0.1, 0.15) is 55.7 Å². The molecule has 0 aliphatic carbocycles. The molecule has 0 spiro atoms. The molecule has 2 aromatic heterocycles. The first kappa shape index (κ1) is 26.1. The second kappa shape index (κ2) is 11.1. The van der Waals surface area contributed by atoms with Crippen molar-refractivity contribution < 1.29 is 4.39 Å². The van der Waals surface area contributed by atoms with Crippen LogP contribution in [0.25, 0.3) is 22.0 Å². The number of halogens is 2. The third-order valence-corrected chi connectivity index (χ3v) is 8.69. The molecule has 6 nitrogen and oxygen atoms in total. The summed E-state index contributed by atoms with van der Waals surface area (Å²) >= 11 is 6.10. The molecule has 0 saturated carbocycles. The zero-order valence-corrected chi connectivity index (χ0v) is 22.9. The molecule has 8 heteroatoms. The Labute approximate surface area is 232 Å². The Kier molecular flexibility index (Phi) is 7.45. The van der Waals surface area contributed by atoms with E-state index < -0.39 is 0 Å². The van der Waals surface area contributed by atoms with Gasteiger partial charge in [-0.05, 0) is 105 Å². The molecule has 1 atom stereocenters. The number of hydrogen-bond donors (Lipinski definition) is 1. The number of H-pyrrole nitrogens is 1. The Morgan fingerprint density at radius 2 is 1.79 bits per heavy atom. The van der Waals surface area contributed by atoms with Gasteiger partial charge in [0.2, 0.25) is 0 Å². The minimum atomic E-state index is -0.205. The van der Waals surface area contributed by atoms with E-state index in [4.69, 9.17) is 11.6 Å². The van der Waals surface area contributed by atoms with Gasteiger partial charge in [-0.1, -0.05) is 23.7 Å². The highest BCUT2D eigenvalue weighted by molar-refractivity contribution is 6.30. The van der Waals surface area contributed by atoms with Crippen LogP contribution in [0.5, 0.6) is 0 Å². The lowest BCUT2D eigenvalue weighted by Gasteiger charge is -2.32. The molecule has 4 aromatic rings. The summed E-state index contributed by atoms with van der Waals surface area (Å²) in [4.78, 5) is 32.7. The highest BCUT2D eigenvalue weighted by Gasteiger charge is 2.25. The first-order valence-electron chi connectivity index (χ1n) is 14.1. The topological polar surface area (TPSA) is 63.0 Å². The molecule has 6 rings (SSSR count). The van der Waals surface area contributed by atoms with E-state index in [1.54, 1.807) is 24.3 Å². The number of rotatable bonds is 7. The number of likely N-dealkylation sites (tertiary alicyclic amines) is 1. The Balaban J connectivity index is 1.15. The first-order valence-corrected chi connectivity index (χ1v) is 14.5. The van der Waals surface area contributed by atoms with Crippen LogP contribution < -0.4 is 11.2 Å². The number of nitrogens with zero attached hydrogens (tertiary/aromatic N) is 3. The number of nitrogens with one attached hydrogen (secondary N) is 1. The van der Waals surface area contributed by atoms with Gasteiger partial charge in [0.15, 0.2) is 0 Å². The van der Waals surface area contributed by atoms with Crippen LogP contribution in [0, 0.1) is 5.82 Å². The molecular formula is C31H34ClFN4O2. The van der Waals surface area contributed by atoms with Crippen LogP contribution in [0.3, 0.4) is 0 Å². The van der Waals surface area contributed by atoms with Gasteiger partial charge in [-0.15, -0.1) is 0 Å². The predicted octanol–water partition coefficient (Wildman–Crippen LogP) is 5.95. The van der Waals surface area contributed by atoms with Gasteiger partial charge in [-0.2, -0.15) is 0 Å². The monoisotopic (exact) mass is 548 g/mol. The Bertz CT molecular complexity index is 1600. The van der Waals surface area contributed by atoms with Gasteiger partial charge in [0.25, 0.3) is 5.56 Å². The molecule has 204 valence electrons. The number of hydrogen-bond acceptors (Lipinski definition) is 3. The molecule has 0 bridgehead atoms. The number of benzene rings is 2. The summed E-state index contributed by atoms with van der Waals surface area (Å²) in [5, 5.41) is 1.60. The van der Waals surface area contributed by atoms with E-state index in [0.29, 0.717) is 29.6 Å². The number of aromatic nitrogens is 3. The van der Waals surface area contributed by atoms with Crippen LogP contribution in [0.4, 0.5) is 4.39 Å². The molecule has 0 radical (unpaired) electrons. The number of unbranched alkanes of at least 4 members (excludes halogenated alkanes) is 1. The minimum Gasteiger partial charge on any atom is -0.361 e. The van der Waals surface area contributed by atoms with E-state index in [2.05, 4.69) is 9.88 Å². The smallest absolute Gasteiger partial charge is 0.331 e. The average molecular weight is 549 g/mol. The lowest BCUT2D eigenvalue weighted by Crippen LogP contribution is -2.44. The van der Waals surface area contributed by atoms with E-state index >= 15 is 0 Å². The molecule has 1 fully saturated rings. The fraction of sp³-hybridized carbons (Fsp3) is 0.419. The number of fused-ring (bicyclic) bond motifs is 2. The lowest BCUT2D eigenvalue weighted by molar-refractivity contribution is 0.204. The Morgan fingerprint density at radius 3 is 2.64 bits per heavy atom. The van der Waals surface area contributed by atoms with E-state index in [1.165, 1.54) is 16.2 Å². The first-order chi connectivity index (χ1) is 19.0. The van der Waals surface area contributed by atoms with Crippen LogP contribution >= 0.6 is 11.6 Å². The molecular weight excluding hydrogens is 515 g/mol. The quantitative estimate of drug-likeness (QED) is 0.290. The van der Waals surface area contributed by atoms with Crippen molar-refractivity contribution in [2.24, 2.45) is 0 Å². The number of aromatic amines is 1. The zero-order valence-electron chi connectivity index (χ0n) is 22.1. The molecule has 4 heterocycles. The molecule has 0 amide bonds. The van der Waals surface area contributed by atoms with Crippen molar-refractivity contribution in [3.63, 3.8) is 0 Å². The molecule has 1 saturated heterocycles. The molecule has 39 heavy (non-hydrogen) atoms. The average Bonchev–Trinajstić information content (AvgIpc) is 3.37. The second-order valence-electron chi connectivity index (χ2n) is 11.0. The normalized spacial score (nSPS) is 17.9. The highest BCUT2D eigenvalue weighted by atomic mass is 35.5. The summed E-state index contributed by atoms with van der Waals surface area (Å²) in [7, 11) is 0. The lowest BCUT2D eigenvalue weighted by atomic mass is 9.90. The second-order valence-corrected chi connectivity index (χ2v) is 11.4. The molecule has 2 aliphatic heterocycles. The third-order valence-electron chi connectivity index (χ3n) is 8.44. The maximum Gasteiger partial charge on any atom is 0.331 e. The van der Waals surface area contributed by atoms with Gasteiger partial charge in [-0.3, -0.25) is 13.9 Å². The SMILES string of the molecule is O=c1c(-c2ccc(Cl)cc2)c2n(c(=O)n1CCCCN1CCCC(c3c[nH]c4ccc(F)cc34)C1)CCCC2. The van der Waals surface area contributed by atoms with Crippen LogP contribution in [0.15, 0.2) is 58.3 Å². The zero-order chi connectivity index (χ0) is 26.9. The molecule has 1 unspecified atom stereocenters. The van der Waals surface area contributed by atoms with E-state index in [9.17, 15) is 14.0 Å². The van der Waals surface area contributed by atoms with Crippen molar-refractivity contribution in [1.29, 1.82) is 0 Å². The van der Waals surface area contributed by atoms with E-state index in [0.717, 1.165) is 86.7 Å². The Morgan fingerprint density at radius 1 is 0.974 bits per heavy atom. The molecule has 2 aliphatic rings. The fourth-order valence-electron chi connectivity index (χ4n) is 6.47. The van der Waals surface area contributed by atoms with Crippen LogP contribution in [0.2, 0.25) is 5.02 Å². The fourth-order valence-corrected chi connectivity index (χ4v) is 6.59. The van der Waals surface area contributed by atoms with Crippen molar-refractivity contribution in [2.75, 3.05) is 19.6 Å². The van der Waals surface area contributed by atoms with Crippen LogP contribution in [-0.4, -0.2) is 38.7 Å². The largest absolute Gasteiger partial charge is 0.361 e. The van der Waals surface area contributed by atoms with E-state index in [1.807, 2.05) is 22.9 Å². The predicted molar refractivity (Wildman–Crippen MR) is 154 cm³/mol. The summed E-state index contributed by atoms with van der Waals surface area (Å²) in [6.07, 6.45) is 8.55.